The highest BCUT2D eigenvalue weighted by molar-refractivity contribution is 5.94. The fraction of sp³-hybridized carbons (Fsp3) is 0.368. The summed E-state index contributed by atoms with van der Waals surface area (Å²) in [6, 6.07) is 8.88. The van der Waals surface area contributed by atoms with Gasteiger partial charge in [-0.25, -0.2) is 0 Å². The van der Waals surface area contributed by atoms with Crippen LogP contribution in [0.25, 0.3) is 0 Å². The molecule has 27 heavy (non-hydrogen) atoms. The van der Waals surface area contributed by atoms with E-state index in [4.69, 9.17) is 4.74 Å². The molecular formula is C19H17F3N2O3. The molecule has 0 saturated carbocycles. The van der Waals surface area contributed by atoms with Crippen molar-refractivity contribution < 1.29 is 27.4 Å². The molecule has 4 rings (SSSR count). The van der Waals surface area contributed by atoms with Crippen molar-refractivity contribution in [1.29, 1.82) is 0 Å². The molecule has 1 N–H and O–H groups in total. The van der Waals surface area contributed by atoms with Crippen molar-refractivity contribution >= 4 is 11.6 Å². The van der Waals surface area contributed by atoms with E-state index in [9.17, 15) is 18.0 Å². The van der Waals surface area contributed by atoms with Crippen molar-refractivity contribution in [3.63, 3.8) is 0 Å². The number of aromatic nitrogens is 1. The molecule has 5 nitrogen and oxygen atoms in total. The lowest BCUT2D eigenvalue weighted by Gasteiger charge is -2.27. The summed E-state index contributed by atoms with van der Waals surface area (Å²) in [7, 11) is 0. The third kappa shape index (κ3) is 3.75. The maximum Gasteiger partial charge on any atom is 0.573 e. The predicted molar refractivity (Wildman–Crippen MR) is 90.1 cm³/mol. The van der Waals surface area contributed by atoms with Crippen LogP contribution in [0.2, 0.25) is 0 Å². The lowest BCUT2D eigenvalue weighted by atomic mass is 9.75. The average molecular weight is 378 g/mol. The minimum atomic E-state index is -4.75. The average Bonchev–Trinajstić information content (AvgIpc) is 3.24. The summed E-state index contributed by atoms with van der Waals surface area (Å²) in [5.74, 6) is -0.941. The number of alkyl halides is 3. The van der Waals surface area contributed by atoms with Crippen LogP contribution in [0.5, 0.6) is 5.75 Å². The third-order valence-electron chi connectivity index (χ3n) is 5.02. The Labute approximate surface area is 153 Å². The van der Waals surface area contributed by atoms with Crippen molar-refractivity contribution in [2.75, 3.05) is 5.32 Å². The Kier molecular flexibility index (Phi) is 4.51. The maximum absolute atomic E-state index is 12.9. The van der Waals surface area contributed by atoms with E-state index in [0.29, 0.717) is 5.69 Å². The summed E-state index contributed by atoms with van der Waals surface area (Å²) < 4.78 is 46.5. The number of nitrogens with zero attached hydrogens (tertiary/aromatic N) is 1. The van der Waals surface area contributed by atoms with Crippen LogP contribution in [0.3, 0.4) is 0 Å². The number of halogens is 3. The van der Waals surface area contributed by atoms with Crippen molar-refractivity contribution in [3.05, 3.63) is 54.4 Å². The van der Waals surface area contributed by atoms with E-state index in [-0.39, 0.29) is 35.7 Å². The van der Waals surface area contributed by atoms with Gasteiger partial charge in [-0.2, -0.15) is 0 Å². The van der Waals surface area contributed by atoms with Crippen LogP contribution in [-0.2, 0) is 9.53 Å². The summed E-state index contributed by atoms with van der Waals surface area (Å²) in [5, 5.41) is 2.79. The monoisotopic (exact) mass is 378 g/mol. The standard InChI is InChI=1S/C19H17F3N2O3/c20-19(21,22)27-13-3-1-12(2-4-13)24-18(25)17-15-6-5-14(26-15)16(17)11-7-9-23-10-8-11/h1-4,7-10,14-17H,5-6H2,(H,24,25)/t14-,15?,16+,17+/m0/s1. The van der Waals surface area contributed by atoms with Gasteiger partial charge in [0.25, 0.3) is 0 Å². The lowest BCUT2D eigenvalue weighted by Crippen LogP contribution is -2.36. The number of pyridine rings is 1. The quantitative estimate of drug-likeness (QED) is 0.877. The molecule has 4 atom stereocenters. The number of rotatable bonds is 4. The molecule has 2 bridgehead atoms. The predicted octanol–water partition coefficient (Wildman–Crippen LogP) is 3.88. The number of fused-ring (bicyclic) bond motifs is 2. The molecule has 0 spiro atoms. The van der Waals surface area contributed by atoms with Crippen LogP contribution >= 0.6 is 0 Å². The molecule has 2 aliphatic heterocycles. The fourth-order valence-corrected chi connectivity index (χ4v) is 3.99. The highest BCUT2D eigenvalue weighted by atomic mass is 19.4. The first kappa shape index (κ1) is 17.8. The zero-order valence-corrected chi connectivity index (χ0v) is 14.1. The van der Waals surface area contributed by atoms with Crippen LogP contribution in [0.15, 0.2) is 48.8 Å². The number of nitrogens with one attached hydrogen (secondary N) is 1. The van der Waals surface area contributed by atoms with Gasteiger partial charge in [-0.1, -0.05) is 0 Å². The molecular weight excluding hydrogens is 361 g/mol. The van der Waals surface area contributed by atoms with E-state index in [1.165, 1.54) is 24.3 Å². The largest absolute Gasteiger partial charge is 0.573 e. The van der Waals surface area contributed by atoms with Crippen LogP contribution in [0.1, 0.15) is 24.3 Å². The van der Waals surface area contributed by atoms with Crippen LogP contribution in [0.4, 0.5) is 18.9 Å². The molecule has 2 aliphatic rings. The zero-order chi connectivity index (χ0) is 19.0. The van der Waals surface area contributed by atoms with E-state index >= 15 is 0 Å². The highest BCUT2D eigenvalue weighted by Crippen LogP contribution is 2.49. The van der Waals surface area contributed by atoms with Gasteiger partial charge in [0.05, 0.1) is 18.1 Å². The van der Waals surface area contributed by atoms with Crippen LogP contribution < -0.4 is 10.1 Å². The summed E-state index contributed by atoms with van der Waals surface area (Å²) in [6.07, 6.45) is 0.207. The molecule has 1 aromatic heterocycles. The lowest BCUT2D eigenvalue weighted by molar-refractivity contribution is -0.274. The number of hydrogen-bond donors (Lipinski definition) is 1. The van der Waals surface area contributed by atoms with Gasteiger partial charge in [0, 0.05) is 24.0 Å². The van der Waals surface area contributed by atoms with Crippen molar-refractivity contribution in [1.82, 2.24) is 4.98 Å². The summed E-state index contributed by atoms with van der Waals surface area (Å²) in [5.41, 5.74) is 1.41. The number of amides is 1. The molecule has 1 aromatic carbocycles. The number of ether oxygens (including phenoxy) is 2. The molecule has 2 saturated heterocycles. The first-order valence-corrected chi connectivity index (χ1v) is 8.63. The van der Waals surface area contributed by atoms with E-state index in [2.05, 4.69) is 15.0 Å². The minimum absolute atomic E-state index is 0.00397. The smallest absolute Gasteiger partial charge is 0.406 e. The van der Waals surface area contributed by atoms with Crippen molar-refractivity contribution in [2.45, 2.75) is 37.3 Å². The minimum Gasteiger partial charge on any atom is -0.406 e. The van der Waals surface area contributed by atoms with Gasteiger partial charge in [-0.15, -0.1) is 13.2 Å². The molecule has 0 aliphatic carbocycles. The second kappa shape index (κ2) is 6.84. The Bertz CT molecular complexity index is 811. The normalized spacial score (nSPS) is 26.8. The molecule has 1 amide bonds. The van der Waals surface area contributed by atoms with Gasteiger partial charge >= 0.3 is 6.36 Å². The first-order valence-electron chi connectivity index (χ1n) is 8.63. The molecule has 2 fully saturated rings. The fourth-order valence-electron chi connectivity index (χ4n) is 3.99. The number of anilines is 1. The highest BCUT2D eigenvalue weighted by Gasteiger charge is 2.52. The Morgan fingerprint density at radius 3 is 2.41 bits per heavy atom. The molecule has 0 radical (unpaired) electrons. The molecule has 142 valence electrons. The number of carbonyl (C=O) groups is 1. The Hall–Kier alpha value is -2.61. The van der Waals surface area contributed by atoms with E-state index < -0.39 is 6.36 Å². The molecule has 1 unspecified atom stereocenters. The molecule has 2 aromatic rings. The zero-order valence-electron chi connectivity index (χ0n) is 14.1. The van der Waals surface area contributed by atoms with Gasteiger partial charge in [0.15, 0.2) is 0 Å². The van der Waals surface area contributed by atoms with Crippen molar-refractivity contribution in [2.24, 2.45) is 5.92 Å². The Balaban J connectivity index is 1.49. The Morgan fingerprint density at radius 1 is 1.07 bits per heavy atom. The van der Waals surface area contributed by atoms with Crippen LogP contribution in [0, 0.1) is 5.92 Å². The number of benzene rings is 1. The third-order valence-corrected chi connectivity index (χ3v) is 5.02. The number of hydrogen-bond acceptors (Lipinski definition) is 4. The van der Waals surface area contributed by atoms with Gasteiger partial charge in [-0.3, -0.25) is 9.78 Å². The maximum atomic E-state index is 12.9. The first-order chi connectivity index (χ1) is 12.9. The second-order valence-electron chi connectivity index (χ2n) is 6.68. The summed E-state index contributed by atoms with van der Waals surface area (Å²) >= 11 is 0. The van der Waals surface area contributed by atoms with Gasteiger partial charge < -0.3 is 14.8 Å². The molecule has 8 heteroatoms. The van der Waals surface area contributed by atoms with Gasteiger partial charge in [0.2, 0.25) is 5.91 Å². The van der Waals surface area contributed by atoms with Gasteiger partial charge in [0.1, 0.15) is 5.75 Å². The van der Waals surface area contributed by atoms with E-state index in [1.807, 2.05) is 12.1 Å². The van der Waals surface area contributed by atoms with E-state index in [0.717, 1.165) is 18.4 Å². The topological polar surface area (TPSA) is 60.5 Å². The van der Waals surface area contributed by atoms with E-state index in [1.54, 1.807) is 12.4 Å². The van der Waals surface area contributed by atoms with Crippen molar-refractivity contribution in [3.8, 4) is 5.75 Å². The summed E-state index contributed by atoms with van der Waals surface area (Å²) in [4.78, 5) is 16.9. The van der Waals surface area contributed by atoms with Gasteiger partial charge in [-0.05, 0) is 54.8 Å². The van der Waals surface area contributed by atoms with Crippen LogP contribution in [-0.4, -0.2) is 29.5 Å². The summed E-state index contributed by atoms with van der Waals surface area (Å²) in [6.45, 7) is 0. The molecule has 3 heterocycles. The second-order valence-corrected chi connectivity index (χ2v) is 6.68. The SMILES string of the molecule is O=C(Nc1ccc(OC(F)(F)F)cc1)[C@@H]1C2CC[C@H](O2)[C@H]1c1ccncc1. The number of carbonyl (C=O) groups excluding carboxylic acids is 1. The Morgan fingerprint density at radius 2 is 1.74 bits per heavy atom.